The highest BCUT2D eigenvalue weighted by Gasteiger charge is 2.27. The molecule has 0 aromatic heterocycles. The number of nitrogens with one attached hydrogen (secondary N) is 1. The molecule has 0 radical (unpaired) electrons. The van der Waals surface area contributed by atoms with Crippen LogP contribution in [0.15, 0.2) is 0 Å². The van der Waals surface area contributed by atoms with Gasteiger partial charge in [0, 0.05) is 24.7 Å². The van der Waals surface area contributed by atoms with Crippen molar-refractivity contribution in [1.82, 2.24) is 10.2 Å². The van der Waals surface area contributed by atoms with Crippen molar-refractivity contribution >= 4 is 0 Å². The number of ether oxygens (including phenoxy) is 1. The monoisotopic (exact) mass is 254 g/mol. The van der Waals surface area contributed by atoms with E-state index in [1.165, 1.54) is 38.8 Å². The Morgan fingerprint density at radius 3 is 2.72 bits per heavy atom. The molecular weight excluding hydrogens is 224 g/mol. The van der Waals surface area contributed by atoms with Crippen molar-refractivity contribution in [3.63, 3.8) is 0 Å². The fourth-order valence-electron chi connectivity index (χ4n) is 3.06. The molecule has 3 nitrogen and oxygen atoms in total. The second-order valence-corrected chi connectivity index (χ2v) is 7.01. The van der Waals surface area contributed by atoms with Gasteiger partial charge in [0.25, 0.3) is 0 Å². The number of hydrogen-bond acceptors (Lipinski definition) is 3. The van der Waals surface area contributed by atoms with E-state index in [4.69, 9.17) is 4.74 Å². The van der Waals surface area contributed by atoms with Crippen LogP contribution in [0.3, 0.4) is 0 Å². The lowest BCUT2D eigenvalue weighted by atomic mass is 9.94. The van der Waals surface area contributed by atoms with Crippen LogP contribution < -0.4 is 5.32 Å². The van der Waals surface area contributed by atoms with Crippen molar-refractivity contribution in [2.24, 2.45) is 5.92 Å². The van der Waals surface area contributed by atoms with Gasteiger partial charge in [0.1, 0.15) is 0 Å². The molecule has 2 aliphatic rings. The van der Waals surface area contributed by atoms with Crippen LogP contribution in [0.5, 0.6) is 0 Å². The minimum absolute atomic E-state index is 0.246. The van der Waals surface area contributed by atoms with Gasteiger partial charge in [-0.2, -0.15) is 0 Å². The summed E-state index contributed by atoms with van der Waals surface area (Å²) in [4.78, 5) is 2.68. The lowest BCUT2D eigenvalue weighted by molar-refractivity contribution is 0.00132. The minimum Gasteiger partial charge on any atom is -0.380 e. The number of likely N-dealkylation sites (tertiary alicyclic amines) is 1. The van der Waals surface area contributed by atoms with E-state index in [0.717, 1.165) is 25.7 Å². The maximum absolute atomic E-state index is 5.63. The number of hydrogen-bond donors (Lipinski definition) is 1. The van der Waals surface area contributed by atoms with Gasteiger partial charge in [0.05, 0.1) is 6.61 Å². The highest BCUT2D eigenvalue weighted by atomic mass is 16.5. The predicted molar refractivity (Wildman–Crippen MR) is 75.9 cm³/mol. The largest absolute Gasteiger partial charge is 0.380 e. The smallest absolute Gasteiger partial charge is 0.0621 e. The van der Waals surface area contributed by atoms with Crippen LogP contribution in [0.4, 0.5) is 0 Å². The predicted octanol–water partition coefficient (Wildman–Crippen LogP) is 2.27. The van der Waals surface area contributed by atoms with Crippen molar-refractivity contribution in [2.75, 3.05) is 32.8 Å². The Hall–Kier alpha value is -0.120. The molecule has 2 atom stereocenters. The summed E-state index contributed by atoms with van der Waals surface area (Å²) in [5, 5.41) is 3.66. The van der Waals surface area contributed by atoms with E-state index in [1.807, 2.05) is 0 Å². The molecule has 2 aliphatic heterocycles. The van der Waals surface area contributed by atoms with E-state index >= 15 is 0 Å². The van der Waals surface area contributed by atoms with Crippen LogP contribution in [-0.2, 0) is 4.74 Å². The van der Waals surface area contributed by atoms with Crippen LogP contribution >= 0.6 is 0 Å². The van der Waals surface area contributed by atoms with Crippen LogP contribution in [0.25, 0.3) is 0 Å². The van der Waals surface area contributed by atoms with Gasteiger partial charge in [-0.15, -0.1) is 0 Å². The highest BCUT2D eigenvalue weighted by molar-refractivity contribution is 4.83. The average Bonchev–Trinajstić information content (AvgIpc) is 2.37. The quantitative estimate of drug-likeness (QED) is 0.836. The maximum Gasteiger partial charge on any atom is 0.0621 e. The van der Waals surface area contributed by atoms with E-state index in [2.05, 4.69) is 31.0 Å². The Labute approximate surface area is 112 Å². The fraction of sp³-hybridized carbons (Fsp3) is 1.00. The first kappa shape index (κ1) is 14.3. The molecule has 0 aromatic rings. The molecule has 18 heavy (non-hydrogen) atoms. The van der Waals surface area contributed by atoms with Gasteiger partial charge in [-0.25, -0.2) is 0 Å². The summed E-state index contributed by atoms with van der Waals surface area (Å²) in [7, 11) is 0. The zero-order chi connectivity index (χ0) is 13.0. The van der Waals surface area contributed by atoms with Crippen molar-refractivity contribution in [1.29, 1.82) is 0 Å². The normalized spacial score (nSPS) is 31.5. The van der Waals surface area contributed by atoms with Gasteiger partial charge in [0.2, 0.25) is 0 Å². The third kappa shape index (κ3) is 4.52. The molecule has 0 aromatic carbocycles. The molecule has 0 saturated carbocycles. The lowest BCUT2D eigenvalue weighted by Gasteiger charge is -2.40. The zero-order valence-corrected chi connectivity index (χ0v) is 12.4. The molecular formula is C15H30N2O. The summed E-state index contributed by atoms with van der Waals surface area (Å²) < 4.78 is 5.63. The molecule has 106 valence electrons. The summed E-state index contributed by atoms with van der Waals surface area (Å²) in [6.07, 6.45) is 5.31. The van der Waals surface area contributed by atoms with E-state index in [9.17, 15) is 0 Å². The second kappa shape index (κ2) is 6.36. The fourth-order valence-corrected chi connectivity index (χ4v) is 3.06. The first-order chi connectivity index (χ1) is 8.54. The van der Waals surface area contributed by atoms with Crippen LogP contribution in [0.1, 0.15) is 46.5 Å². The van der Waals surface area contributed by atoms with Gasteiger partial charge < -0.3 is 10.1 Å². The van der Waals surface area contributed by atoms with E-state index in [-0.39, 0.29) is 5.54 Å². The third-order valence-electron chi connectivity index (χ3n) is 4.12. The molecule has 2 rings (SSSR count). The zero-order valence-electron chi connectivity index (χ0n) is 12.4. The van der Waals surface area contributed by atoms with E-state index < -0.39 is 0 Å². The minimum atomic E-state index is 0.246. The molecule has 2 saturated heterocycles. The van der Waals surface area contributed by atoms with Crippen molar-refractivity contribution in [3.05, 3.63) is 0 Å². The van der Waals surface area contributed by atoms with Crippen LogP contribution in [-0.4, -0.2) is 49.3 Å². The number of piperidine rings is 1. The summed E-state index contributed by atoms with van der Waals surface area (Å²) >= 11 is 0. The van der Waals surface area contributed by atoms with Gasteiger partial charge >= 0.3 is 0 Å². The molecule has 0 bridgehead atoms. The van der Waals surface area contributed by atoms with Crippen molar-refractivity contribution < 1.29 is 4.74 Å². The molecule has 0 spiro atoms. The van der Waals surface area contributed by atoms with Crippen LogP contribution in [0.2, 0.25) is 0 Å². The van der Waals surface area contributed by atoms with Gasteiger partial charge in [0.15, 0.2) is 0 Å². The summed E-state index contributed by atoms with van der Waals surface area (Å²) in [5.74, 6) is 0.819. The Kier molecular flexibility index (Phi) is 5.05. The lowest BCUT2D eigenvalue weighted by Crippen LogP contribution is -2.49. The van der Waals surface area contributed by atoms with Gasteiger partial charge in [-0.3, -0.25) is 4.90 Å². The summed E-state index contributed by atoms with van der Waals surface area (Å²) in [5.41, 5.74) is 0.246. The standard InChI is InChI=1S/C15H30N2O/c1-15(2,3)16-10-13-6-4-8-17(11-13)14-7-5-9-18-12-14/h13-14,16H,4-12H2,1-3H3. The Balaban J connectivity index is 1.77. The first-order valence-corrected chi connectivity index (χ1v) is 7.61. The second-order valence-electron chi connectivity index (χ2n) is 7.01. The third-order valence-corrected chi connectivity index (χ3v) is 4.12. The van der Waals surface area contributed by atoms with E-state index in [1.54, 1.807) is 0 Å². The van der Waals surface area contributed by atoms with Crippen LogP contribution in [0, 0.1) is 5.92 Å². The average molecular weight is 254 g/mol. The maximum atomic E-state index is 5.63. The topological polar surface area (TPSA) is 24.5 Å². The molecule has 2 heterocycles. The first-order valence-electron chi connectivity index (χ1n) is 7.61. The Morgan fingerprint density at radius 2 is 2.06 bits per heavy atom. The van der Waals surface area contributed by atoms with Gasteiger partial charge in [-0.05, 0) is 65.5 Å². The SMILES string of the molecule is CC(C)(C)NCC1CCCN(C2CCCOC2)C1. The highest BCUT2D eigenvalue weighted by Crippen LogP contribution is 2.22. The molecule has 2 fully saturated rings. The summed E-state index contributed by atoms with van der Waals surface area (Å²) in [6.45, 7) is 12.4. The van der Waals surface area contributed by atoms with Crippen molar-refractivity contribution in [3.8, 4) is 0 Å². The molecule has 3 heteroatoms. The summed E-state index contributed by atoms with van der Waals surface area (Å²) in [6, 6.07) is 0.691. The Bertz CT molecular complexity index is 243. The number of rotatable bonds is 3. The molecule has 1 N–H and O–H groups in total. The molecule has 0 amide bonds. The molecule has 2 unspecified atom stereocenters. The molecule has 0 aliphatic carbocycles. The Morgan fingerprint density at radius 1 is 1.22 bits per heavy atom. The number of nitrogens with zero attached hydrogens (tertiary/aromatic N) is 1. The van der Waals surface area contributed by atoms with Gasteiger partial charge in [-0.1, -0.05) is 0 Å². The van der Waals surface area contributed by atoms with Crippen molar-refractivity contribution in [2.45, 2.75) is 58.0 Å². The van der Waals surface area contributed by atoms with E-state index in [0.29, 0.717) is 6.04 Å².